The third-order valence-corrected chi connectivity index (χ3v) is 4.31. The summed E-state index contributed by atoms with van der Waals surface area (Å²) in [5, 5.41) is 10.4. The van der Waals surface area contributed by atoms with Crippen LogP contribution in [0.15, 0.2) is 40.2 Å². The molecule has 3 nitrogen and oxygen atoms in total. The number of allylic oxidation sites excluding steroid dienone is 1. The topological polar surface area (TPSA) is 38.9 Å². The van der Waals surface area contributed by atoms with Crippen LogP contribution in [0, 0.1) is 6.39 Å². The minimum atomic E-state index is -0.322. The summed E-state index contributed by atoms with van der Waals surface area (Å²) >= 11 is 7.58. The highest BCUT2D eigenvalue weighted by atomic mass is 35.5. The Bertz CT molecular complexity index is 528. The van der Waals surface area contributed by atoms with Gasteiger partial charge in [-0.05, 0) is 29.5 Å². The van der Waals surface area contributed by atoms with E-state index in [4.69, 9.17) is 16.0 Å². The van der Waals surface area contributed by atoms with E-state index in [0.717, 1.165) is 17.0 Å². The van der Waals surface area contributed by atoms with Crippen molar-refractivity contribution >= 4 is 23.4 Å². The number of rotatable bonds is 2. The Morgan fingerprint density at radius 2 is 2.18 bits per heavy atom. The van der Waals surface area contributed by atoms with E-state index in [9.17, 15) is 0 Å². The smallest absolute Gasteiger partial charge is 0.305 e. The molecule has 1 aromatic carbocycles. The first-order chi connectivity index (χ1) is 8.31. The van der Waals surface area contributed by atoms with Crippen molar-refractivity contribution in [2.75, 3.05) is 0 Å². The number of hydrogen-bond donors (Lipinski definition) is 0. The molecule has 1 radical (unpaired) electrons. The molecule has 1 unspecified atom stereocenters. The Hall–Kier alpha value is -1.26. The number of benzene rings is 1. The first kappa shape index (κ1) is 10.9. The second-order valence-electron chi connectivity index (χ2n) is 3.73. The van der Waals surface area contributed by atoms with E-state index in [0.29, 0.717) is 5.89 Å². The van der Waals surface area contributed by atoms with Crippen LogP contribution in [0.25, 0.3) is 0 Å². The summed E-state index contributed by atoms with van der Waals surface area (Å²) in [6, 6.07) is 7.73. The van der Waals surface area contributed by atoms with Gasteiger partial charge in [0.2, 0.25) is 5.89 Å². The molecule has 1 aromatic heterocycles. The van der Waals surface area contributed by atoms with Crippen LogP contribution in [0.5, 0.6) is 0 Å². The van der Waals surface area contributed by atoms with Gasteiger partial charge in [-0.2, -0.15) is 0 Å². The van der Waals surface area contributed by atoms with E-state index < -0.39 is 0 Å². The van der Waals surface area contributed by atoms with Crippen LogP contribution >= 0.6 is 23.4 Å². The van der Waals surface area contributed by atoms with E-state index in [1.807, 2.05) is 24.3 Å². The lowest BCUT2D eigenvalue weighted by Crippen LogP contribution is -2.20. The minimum absolute atomic E-state index is 0.322. The van der Waals surface area contributed by atoms with Crippen LogP contribution in [0.2, 0.25) is 5.02 Å². The first-order valence-corrected chi connectivity index (χ1v) is 6.36. The lowest BCUT2D eigenvalue weighted by Gasteiger charge is -2.24. The molecule has 1 atom stereocenters. The van der Waals surface area contributed by atoms with Crippen molar-refractivity contribution in [2.45, 2.75) is 11.2 Å². The zero-order valence-corrected chi connectivity index (χ0v) is 10.3. The fraction of sp³-hybridized carbons (Fsp3) is 0.167. The van der Waals surface area contributed by atoms with Gasteiger partial charge < -0.3 is 4.42 Å². The highest BCUT2D eigenvalue weighted by Gasteiger charge is 2.40. The molecule has 3 rings (SSSR count). The van der Waals surface area contributed by atoms with Crippen molar-refractivity contribution in [3.63, 3.8) is 0 Å². The monoisotopic (exact) mass is 263 g/mol. The second-order valence-corrected chi connectivity index (χ2v) is 5.37. The van der Waals surface area contributed by atoms with Gasteiger partial charge in [0.1, 0.15) is 4.75 Å². The van der Waals surface area contributed by atoms with E-state index >= 15 is 0 Å². The lowest BCUT2D eigenvalue weighted by atomic mass is 9.95. The fourth-order valence-corrected chi connectivity index (χ4v) is 3.10. The molecule has 2 heterocycles. The number of hydrogen-bond acceptors (Lipinski definition) is 4. The summed E-state index contributed by atoms with van der Waals surface area (Å²) in [6.07, 6.45) is 5.34. The Kier molecular flexibility index (Phi) is 2.68. The number of thioether (sulfide) groups is 1. The van der Waals surface area contributed by atoms with Crippen LogP contribution in [0.3, 0.4) is 0 Å². The molecule has 0 fully saturated rings. The van der Waals surface area contributed by atoms with Crippen molar-refractivity contribution in [2.24, 2.45) is 0 Å². The summed E-state index contributed by atoms with van der Waals surface area (Å²) < 4.78 is 4.94. The Morgan fingerprint density at radius 1 is 1.35 bits per heavy atom. The molecule has 0 amide bonds. The van der Waals surface area contributed by atoms with Gasteiger partial charge >= 0.3 is 6.39 Å². The Morgan fingerprint density at radius 3 is 2.76 bits per heavy atom. The normalized spacial score (nSPS) is 23.1. The first-order valence-electron chi connectivity index (χ1n) is 5.10. The highest BCUT2D eigenvalue weighted by molar-refractivity contribution is 8.03. The molecule has 0 saturated carbocycles. The molecule has 0 N–H and O–H groups in total. The van der Waals surface area contributed by atoms with Crippen LogP contribution in [0.1, 0.15) is 17.9 Å². The van der Waals surface area contributed by atoms with Crippen molar-refractivity contribution in [3.05, 3.63) is 58.6 Å². The zero-order chi connectivity index (χ0) is 11.7. The minimum Gasteiger partial charge on any atom is -0.415 e. The summed E-state index contributed by atoms with van der Waals surface area (Å²) in [4.78, 5) is 0. The predicted molar refractivity (Wildman–Crippen MR) is 66.7 cm³/mol. The molecule has 0 saturated heterocycles. The van der Waals surface area contributed by atoms with E-state index in [1.54, 1.807) is 11.8 Å². The quantitative estimate of drug-likeness (QED) is 0.832. The standard InChI is InChI=1S/C12H8ClN2OS/c13-10-4-2-9(3-5-10)12(6-1-7-17-12)11-15-14-8-16-11/h1-5,7H,6H2. The number of aromatic nitrogens is 2. The number of nitrogens with zero attached hydrogens (tertiary/aromatic N) is 2. The third-order valence-electron chi connectivity index (χ3n) is 2.75. The van der Waals surface area contributed by atoms with E-state index in [1.165, 1.54) is 0 Å². The SMILES string of the molecule is Clc1ccc(C2(c3nn[c]o3)CC=CS2)cc1. The Balaban J connectivity index is 2.09. The fourth-order valence-electron chi connectivity index (χ4n) is 1.91. The maximum atomic E-state index is 5.91. The number of halogens is 1. The zero-order valence-electron chi connectivity index (χ0n) is 8.76. The van der Waals surface area contributed by atoms with Crippen molar-refractivity contribution in [1.29, 1.82) is 0 Å². The second kappa shape index (κ2) is 4.20. The molecule has 85 valence electrons. The van der Waals surface area contributed by atoms with Gasteiger partial charge in [-0.3, -0.25) is 0 Å². The highest BCUT2D eigenvalue weighted by Crippen LogP contribution is 2.49. The van der Waals surface area contributed by atoms with E-state index in [-0.39, 0.29) is 4.75 Å². The predicted octanol–water partition coefficient (Wildman–Crippen LogP) is 3.42. The van der Waals surface area contributed by atoms with Crippen molar-refractivity contribution < 1.29 is 4.42 Å². The van der Waals surface area contributed by atoms with Gasteiger partial charge in [0.25, 0.3) is 0 Å². The maximum Gasteiger partial charge on any atom is 0.305 e. The molecule has 2 aromatic rings. The largest absolute Gasteiger partial charge is 0.415 e. The van der Waals surface area contributed by atoms with Crippen LogP contribution < -0.4 is 0 Å². The molecular formula is C12H8ClN2OS. The molecule has 0 spiro atoms. The van der Waals surface area contributed by atoms with Gasteiger partial charge in [0.15, 0.2) is 0 Å². The van der Waals surface area contributed by atoms with Gasteiger partial charge in [0.05, 0.1) is 0 Å². The molecule has 5 heteroatoms. The van der Waals surface area contributed by atoms with Gasteiger partial charge in [-0.1, -0.05) is 29.8 Å². The van der Waals surface area contributed by atoms with Crippen LogP contribution in [0.4, 0.5) is 0 Å². The summed E-state index contributed by atoms with van der Waals surface area (Å²) in [6.45, 7) is 0. The van der Waals surface area contributed by atoms with Crippen LogP contribution in [-0.4, -0.2) is 10.2 Å². The van der Waals surface area contributed by atoms with Crippen molar-refractivity contribution in [1.82, 2.24) is 10.2 Å². The maximum absolute atomic E-state index is 5.91. The lowest BCUT2D eigenvalue weighted by molar-refractivity contribution is 0.448. The molecule has 17 heavy (non-hydrogen) atoms. The summed E-state index contributed by atoms with van der Waals surface area (Å²) in [7, 11) is 0. The molecule has 0 aliphatic carbocycles. The molecular weight excluding hydrogens is 256 g/mol. The average Bonchev–Trinajstić information content (AvgIpc) is 3.01. The Labute approximate surface area is 108 Å². The van der Waals surface area contributed by atoms with Gasteiger partial charge in [-0.25, -0.2) is 0 Å². The summed E-state index contributed by atoms with van der Waals surface area (Å²) in [5.41, 5.74) is 1.11. The average molecular weight is 264 g/mol. The van der Waals surface area contributed by atoms with Gasteiger partial charge in [-0.15, -0.1) is 22.0 Å². The third kappa shape index (κ3) is 1.77. The molecule has 0 bridgehead atoms. The summed E-state index contributed by atoms with van der Waals surface area (Å²) in [5.74, 6) is 0.579. The van der Waals surface area contributed by atoms with Gasteiger partial charge in [0, 0.05) is 5.02 Å². The molecule has 1 aliphatic heterocycles. The van der Waals surface area contributed by atoms with Crippen LogP contribution in [-0.2, 0) is 4.75 Å². The van der Waals surface area contributed by atoms with E-state index in [2.05, 4.69) is 28.1 Å². The molecule has 1 aliphatic rings. The van der Waals surface area contributed by atoms with Crippen molar-refractivity contribution in [3.8, 4) is 0 Å².